The number of hydrogen-bond acceptors (Lipinski definition) is 6. The molecule has 1 aliphatic heterocycles. The lowest BCUT2D eigenvalue weighted by molar-refractivity contribution is -0.131. The maximum Gasteiger partial charge on any atom is 0.235 e. The van der Waals surface area contributed by atoms with Gasteiger partial charge in [-0.1, -0.05) is 30.0 Å². The Morgan fingerprint density at radius 2 is 2.05 bits per heavy atom. The number of rotatable bonds is 5. The van der Waals surface area contributed by atoms with Crippen molar-refractivity contribution in [2.75, 3.05) is 18.4 Å². The van der Waals surface area contributed by atoms with E-state index in [0.29, 0.717) is 6.04 Å². The molecule has 116 valence electrons. The number of piperidine rings is 1. The zero-order chi connectivity index (χ0) is 14.8. The van der Waals surface area contributed by atoms with Gasteiger partial charge >= 0.3 is 0 Å². The van der Waals surface area contributed by atoms with Crippen LogP contribution in [0.4, 0.5) is 5.13 Å². The quantitative estimate of drug-likeness (QED) is 0.843. The summed E-state index contributed by atoms with van der Waals surface area (Å²) in [5.74, 6) is 0.982. The first-order chi connectivity index (χ1) is 10.1. The fourth-order valence-corrected chi connectivity index (χ4v) is 4.46. The van der Waals surface area contributed by atoms with Crippen LogP contribution in [0, 0.1) is 5.92 Å². The minimum atomic E-state index is -0.0832. The predicted molar refractivity (Wildman–Crippen MR) is 86.9 cm³/mol. The number of carbonyl (C=O) groups is 1. The molecule has 7 heteroatoms. The number of aromatic nitrogens is 2. The lowest BCUT2D eigenvalue weighted by Gasteiger charge is -2.31. The Kier molecular flexibility index (Phi) is 4.69. The number of amides is 1. The largest absolute Gasteiger partial charge is 0.357 e. The van der Waals surface area contributed by atoms with Crippen molar-refractivity contribution in [1.82, 2.24) is 15.1 Å². The number of hydrogen-bond donors (Lipinski definition) is 1. The standard InChI is InChI=1S/C14H22N4OS2/c1-9-5-7-18(8-6-9)12(19)10(2)20-14-17-16-13(21-14)15-11-3-4-11/h9-11H,3-8H2,1-2H3,(H,15,16). The number of thioether (sulfide) groups is 1. The molecule has 1 aliphatic carbocycles. The molecule has 1 amide bonds. The maximum atomic E-state index is 12.4. The molecule has 1 saturated heterocycles. The summed E-state index contributed by atoms with van der Waals surface area (Å²) in [6.45, 7) is 6.03. The summed E-state index contributed by atoms with van der Waals surface area (Å²) in [6.07, 6.45) is 4.70. The fourth-order valence-electron chi connectivity index (χ4n) is 2.41. The maximum absolute atomic E-state index is 12.4. The Balaban J connectivity index is 1.51. The molecule has 0 spiro atoms. The third-order valence-electron chi connectivity index (χ3n) is 4.03. The summed E-state index contributed by atoms with van der Waals surface area (Å²) in [5.41, 5.74) is 0. The highest BCUT2D eigenvalue weighted by atomic mass is 32.2. The SMILES string of the molecule is CC1CCN(C(=O)C(C)Sc2nnc(NC3CC3)s2)CC1. The van der Waals surface area contributed by atoms with E-state index in [4.69, 9.17) is 0 Å². The first-order valence-electron chi connectivity index (χ1n) is 7.67. The van der Waals surface area contributed by atoms with Gasteiger partial charge in [0.1, 0.15) is 0 Å². The molecule has 2 fully saturated rings. The molecule has 0 bridgehead atoms. The number of anilines is 1. The van der Waals surface area contributed by atoms with Crippen LogP contribution in [-0.4, -0.2) is 45.4 Å². The van der Waals surface area contributed by atoms with Crippen LogP contribution in [-0.2, 0) is 4.79 Å². The van der Waals surface area contributed by atoms with Crippen LogP contribution in [0.25, 0.3) is 0 Å². The average molecular weight is 326 g/mol. The molecule has 1 atom stereocenters. The van der Waals surface area contributed by atoms with Gasteiger partial charge in [0, 0.05) is 19.1 Å². The van der Waals surface area contributed by atoms with Crippen LogP contribution in [0.3, 0.4) is 0 Å². The van der Waals surface area contributed by atoms with Gasteiger partial charge in [0.15, 0.2) is 4.34 Å². The van der Waals surface area contributed by atoms with Crippen LogP contribution in [0.2, 0.25) is 0 Å². The Morgan fingerprint density at radius 3 is 2.71 bits per heavy atom. The molecule has 2 aliphatic rings. The van der Waals surface area contributed by atoms with Crippen molar-refractivity contribution in [2.45, 2.75) is 55.2 Å². The van der Waals surface area contributed by atoms with Crippen molar-refractivity contribution in [3.8, 4) is 0 Å². The van der Waals surface area contributed by atoms with Crippen LogP contribution in [0.15, 0.2) is 4.34 Å². The van der Waals surface area contributed by atoms with Gasteiger partial charge in [0.2, 0.25) is 11.0 Å². The first kappa shape index (κ1) is 15.1. The van der Waals surface area contributed by atoms with E-state index in [1.165, 1.54) is 24.6 Å². The van der Waals surface area contributed by atoms with Gasteiger partial charge in [-0.15, -0.1) is 10.2 Å². The zero-order valence-corrected chi connectivity index (χ0v) is 14.2. The lowest BCUT2D eigenvalue weighted by Crippen LogP contribution is -2.41. The minimum Gasteiger partial charge on any atom is -0.357 e. The zero-order valence-electron chi connectivity index (χ0n) is 12.5. The highest BCUT2D eigenvalue weighted by Gasteiger charge is 2.26. The second-order valence-electron chi connectivity index (χ2n) is 6.06. The summed E-state index contributed by atoms with van der Waals surface area (Å²) < 4.78 is 0.879. The predicted octanol–water partition coefficient (Wildman–Crippen LogP) is 2.85. The number of carbonyl (C=O) groups excluding carboxylic acids is 1. The molecule has 0 radical (unpaired) electrons. The second kappa shape index (κ2) is 6.52. The van der Waals surface area contributed by atoms with Crippen molar-refractivity contribution >= 4 is 34.1 Å². The first-order valence-corrected chi connectivity index (χ1v) is 9.37. The smallest absolute Gasteiger partial charge is 0.235 e. The summed E-state index contributed by atoms with van der Waals surface area (Å²) >= 11 is 3.08. The Bertz CT molecular complexity index is 495. The molecule has 0 aromatic carbocycles. The Hall–Kier alpha value is -0.820. The molecule has 2 heterocycles. The van der Waals surface area contributed by atoms with E-state index in [-0.39, 0.29) is 11.2 Å². The van der Waals surface area contributed by atoms with Gasteiger partial charge in [-0.2, -0.15) is 0 Å². The van der Waals surface area contributed by atoms with Crippen molar-refractivity contribution in [1.29, 1.82) is 0 Å². The van der Waals surface area contributed by atoms with E-state index in [1.807, 2.05) is 11.8 Å². The van der Waals surface area contributed by atoms with Crippen LogP contribution < -0.4 is 5.32 Å². The van der Waals surface area contributed by atoms with Gasteiger partial charge in [0.05, 0.1) is 5.25 Å². The average Bonchev–Trinajstić information content (AvgIpc) is 3.18. The van der Waals surface area contributed by atoms with E-state index in [0.717, 1.165) is 41.3 Å². The van der Waals surface area contributed by atoms with E-state index in [2.05, 4.69) is 22.4 Å². The summed E-state index contributed by atoms with van der Waals surface area (Å²) in [7, 11) is 0. The third kappa shape index (κ3) is 4.10. The molecule has 5 nitrogen and oxygen atoms in total. The van der Waals surface area contributed by atoms with Crippen molar-refractivity contribution in [3.63, 3.8) is 0 Å². The van der Waals surface area contributed by atoms with Crippen molar-refractivity contribution in [2.24, 2.45) is 5.92 Å². The monoisotopic (exact) mass is 326 g/mol. The van der Waals surface area contributed by atoms with E-state index >= 15 is 0 Å². The van der Waals surface area contributed by atoms with Crippen molar-refractivity contribution in [3.05, 3.63) is 0 Å². The van der Waals surface area contributed by atoms with E-state index < -0.39 is 0 Å². The van der Waals surface area contributed by atoms with Crippen LogP contribution in [0.5, 0.6) is 0 Å². The minimum absolute atomic E-state index is 0.0832. The molecule has 1 N–H and O–H groups in total. The fraction of sp³-hybridized carbons (Fsp3) is 0.786. The number of likely N-dealkylation sites (tertiary alicyclic amines) is 1. The molecule has 1 aromatic heterocycles. The normalized spacial score (nSPS) is 21.3. The van der Waals surface area contributed by atoms with Gasteiger partial charge in [-0.05, 0) is 38.5 Å². The molecule has 21 heavy (non-hydrogen) atoms. The van der Waals surface area contributed by atoms with Gasteiger partial charge in [0.25, 0.3) is 0 Å². The molecular formula is C14H22N4OS2. The molecule has 1 unspecified atom stereocenters. The molecule has 1 aromatic rings. The van der Waals surface area contributed by atoms with E-state index in [1.54, 1.807) is 11.3 Å². The summed E-state index contributed by atoms with van der Waals surface area (Å²) in [5, 5.41) is 12.5. The highest BCUT2D eigenvalue weighted by molar-refractivity contribution is 8.02. The van der Waals surface area contributed by atoms with Crippen LogP contribution in [0.1, 0.15) is 39.5 Å². The van der Waals surface area contributed by atoms with Gasteiger partial charge in [-0.25, -0.2) is 0 Å². The Morgan fingerprint density at radius 1 is 1.33 bits per heavy atom. The molecular weight excluding hydrogens is 304 g/mol. The summed E-state index contributed by atoms with van der Waals surface area (Å²) in [4.78, 5) is 14.5. The molecule has 1 saturated carbocycles. The second-order valence-corrected chi connectivity index (χ2v) is 8.63. The summed E-state index contributed by atoms with van der Waals surface area (Å²) in [6, 6.07) is 0.588. The van der Waals surface area contributed by atoms with Crippen molar-refractivity contribution < 1.29 is 4.79 Å². The molecule has 3 rings (SSSR count). The van der Waals surface area contributed by atoms with E-state index in [9.17, 15) is 4.79 Å². The Labute approximate surface area is 133 Å². The lowest BCUT2D eigenvalue weighted by atomic mass is 9.99. The number of nitrogens with one attached hydrogen (secondary N) is 1. The van der Waals surface area contributed by atoms with Gasteiger partial charge in [-0.3, -0.25) is 4.79 Å². The van der Waals surface area contributed by atoms with Crippen LogP contribution >= 0.6 is 23.1 Å². The topological polar surface area (TPSA) is 58.1 Å². The van der Waals surface area contributed by atoms with Gasteiger partial charge < -0.3 is 10.2 Å². The third-order valence-corrected chi connectivity index (χ3v) is 6.06. The highest BCUT2D eigenvalue weighted by Crippen LogP contribution is 2.32. The number of nitrogens with zero attached hydrogens (tertiary/aromatic N) is 3.